The molecule has 66 valence electrons. The molecule has 0 saturated carbocycles. The van der Waals surface area contributed by atoms with Crippen LogP contribution in [0.4, 0.5) is 0 Å². The molecule has 0 spiro atoms. The largest absolute Gasteiger partial charge is 0.363 e. The van der Waals surface area contributed by atoms with Gasteiger partial charge in [-0.2, -0.15) is 0 Å². The highest BCUT2D eigenvalue weighted by Crippen LogP contribution is 2.06. The average Bonchev–Trinajstić information content (AvgIpc) is 2.75. The van der Waals surface area contributed by atoms with Crippen molar-refractivity contribution in [3.63, 3.8) is 0 Å². The van der Waals surface area contributed by atoms with Gasteiger partial charge in [0.15, 0.2) is 0 Å². The summed E-state index contributed by atoms with van der Waals surface area (Å²) in [4.78, 5) is 15.7. The molecule has 0 aromatic carbocycles. The molecule has 0 fully saturated rings. The maximum atomic E-state index is 10.6. The molecule has 1 amide bonds. The standard InChI is InChI=1S/C5H4N6OS/c6-3(12)4-8-10-11(9-4)5-7-1-2-13-5/h1-2H,(H2,6,12). The third-order valence-corrected chi connectivity index (χ3v) is 1.96. The lowest BCUT2D eigenvalue weighted by atomic mass is 10.6. The maximum absolute atomic E-state index is 10.6. The minimum absolute atomic E-state index is 0.116. The first kappa shape index (κ1) is 7.80. The highest BCUT2D eigenvalue weighted by atomic mass is 32.1. The van der Waals surface area contributed by atoms with Crippen molar-refractivity contribution in [3.8, 4) is 5.13 Å². The summed E-state index contributed by atoms with van der Waals surface area (Å²) in [6, 6.07) is 0. The van der Waals surface area contributed by atoms with E-state index in [1.54, 1.807) is 11.6 Å². The van der Waals surface area contributed by atoms with Gasteiger partial charge in [0.1, 0.15) is 0 Å². The van der Waals surface area contributed by atoms with Crippen molar-refractivity contribution in [2.24, 2.45) is 5.73 Å². The van der Waals surface area contributed by atoms with Crippen LogP contribution < -0.4 is 5.73 Å². The van der Waals surface area contributed by atoms with Crippen LogP contribution in [0.3, 0.4) is 0 Å². The summed E-state index contributed by atoms with van der Waals surface area (Å²) in [5, 5.41) is 13.1. The number of amides is 1. The van der Waals surface area contributed by atoms with Gasteiger partial charge in [-0.05, 0) is 5.21 Å². The zero-order chi connectivity index (χ0) is 9.26. The Hall–Kier alpha value is -1.83. The van der Waals surface area contributed by atoms with Crippen molar-refractivity contribution in [1.29, 1.82) is 0 Å². The molecule has 0 bridgehead atoms. The number of primary amides is 1. The van der Waals surface area contributed by atoms with E-state index in [2.05, 4.69) is 20.4 Å². The van der Waals surface area contributed by atoms with E-state index in [1.807, 2.05) is 0 Å². The van der Waals surface area contributed by atoms with Crippen LogP contribution in [0.15, 0.2) is 11.6 Å². The van der Waals surface area contributed by atoms with E-state index in [1.165, 1.54) is 11.3 Å². The fourth-order valence-corrected chi connectivity index (χ4v) is 1.25. The molecule has 0 aliphatic heterocycles. The Labute approximate surface area is 76.2 Å². The van der Waals surface area contributed by atoms with Crippen LogP contribution in [0, 0.1) is 0 Å². The summed E-state index contributed by atoms with van der Waals surface area (Å²) in [6.07, 6.45) is 1.60. The second-order valence-corrected chi connectivity index (χ2v) is 2.95. The molecule has 2 N–H and O–H groups in total. The maximum Gasteiger partial charge on any atom is 0.290 e. The van der Waals surface area contributed by atoms with E-state index in [-0.39, 0.29) is 5.82 Å². The van der Waals surface area contributed by atoms with Crippen LogP contribution in [-0.4, -0.2) is 31.1 Å². The molecule has 8 heteroatoms. The van der Waals surface area contributed by atoms with Crippen LogP contribution in [0.5, 0.6) is 0 Å². The molecule has 0 radical (unpaired) electrons. The molecule has 2 aromatic heterocycles. The molecular weight excluding hydrogens is 192 g/mol. The summed E-state index contributed by atoms with van der Waals surface area (Å²) >= 11 is 1.34. The monoisotopic (exact) mass is 196 g/mol. The number of carbonyl (C=O) groups is 1. The van der Waals surface area contributed by atoms with Crippen LogP contribution in [0.25, 0.3) is 5.13 Å². The smallest absolute Gasteiger partial charge is 0.290 e. The fraction of sp³-hybridized carbons (Fsp3) is 0. The number of thiazole rings is 1. The van der Waals surface area contributed by atoms with Gasteiger partial charge in [0, 0.05) is 11.6 Å². The van der Waals surface area contributed by atoms with Gasteiger partial charge in [0.25, 0.3) is 11.7 Å². The molecule has 2 heterocycles. The van der Waals surface area contributed by atoms with Crippen molar-refractivity contribution in [1.82, 2.24) is 25.2 Å². The number of nitrogens with zero attached hydrogens (tertiary/aromatic N) is 5. The predicted molar refractivity (Wildman–Crippen MR) is 43.3 cm³/mol. The lowest BCUT2D eigenvalue weighted by Gasteiger charge is -1.86. The lowest BCUT2D eigenvalue weighted by molar-refractivity contribution is 0.0990. The number of rotatable bonds is 2. The zero-order valence-corrected chi connectivity index (χ0v) is 7.10. The van der Waals surface area contributed by atoms with Crippen LogP contribution in [-0.2, 0) is 0 Å². The molecule has 2 rings (SSSR count). The summed E-state index contributed by atoms with van der Waals surface area (Å²) < 4.78 is 0. The van der Waals surface area contributed by atoms with E-state index in [4.69, 9.17) is 5.73 Å². The average molecular weight is 196 g/mol. The van der Waals surface area contributed by atoms with Crippen molar-refractivity contribution in [3.05, 3.63) is 17.4 Å². The Morgan fingerprint density at radius 1 is 1.62 bits per heavy atom. The first-order chi connectivity index (χ1) is 6.27. The molecule has 13 heavy (non-hydrogen) atoms. The highest BCUT2D eigenvalue weighted by molar-refractivity contribution is 7.12. The van der Waals surface area contributed by atoms with Crippen molar-refractivity contribution in [2.45, 2.75) is 0 Å². The first-order valence-corrected chi connectivity index (χ1v) is 4.15. The van der Waals surface area contributed by atoms with E-state index >= 15 is 0 Å². The van der Waals surface area contributed by atoms with Crippen molar-refractivity contribution < 1.29 is 4.79 Å². The Bertz CT molecular complexity index is 420. The van der Waals surface area contributed by atoms with Gasteiger partial charge in [-0.3, -0.25) is 4.79 Å². The quantitative estimate of drug-likeness (QED) is 0.679. The van der Waals surface area contributed by atoms with Crippen molar-refractivity contribution >= 4 is 17.2 Å². The van der Waals surface area contributed by atoms with Gasteiger partial charge >= 0.3 is 0 Å². The third kappa shape index (κ3) is 1.38. The molecule has 0 aliphatic carbocycles. The lowest BCUT2D eigenvalue weighted by Crippen LogP contribution is -2.13. The normalized spacial score (nSPS) is 10.2. The molecule has 0 saturated heterocycles. The number of nitrogens with two attached hydrogens (primary N) is 1. The second-order valence-electron chi connectivity index (χ2n) is 2.08. The zero-order valence-electron chi connectivity index (χ0n) is 6.28. The molecule has 0 aliphatic rings. The number of tetrazole rings is 1. The minimum atomic E-state index is -0.706. The van der Waals surface area contributed by atoms with E-state index < -0.39 is 5.91 Å². The Balaban J connectivity index is 2.39. The third-order valence-electron chi connectivity index (χ3n) is 1.22. The minimum Gasteiger partial charge on any atom is -0.363 e. The number of carbonyl (C=O) groups excluding carboxylic acids is 1. The summed E-state index contributed by atoms with van der Waals surface area (Å²) in [5.41, 5.74) is 4.95. The number of aromatic nitrogens is 5. The fourth-order valence-electron chi connectivity index (χ4n) is 0.709. The second kappa shape index (κ2) is 2.90. The van der Waals surface area contributed by atoms with E-state index in [0.29, 0.717) is 5.13 Å². The van der Waals surface area contributed by atoms with E-state index in [0.717, 1.165) is 4.80 Å². The molecule has 0 atom stereocenters. The molecule has 2 aromatic rings. The molecule has 7 nitrogen and oxygen atoms in total. The highest BCUT2D eigenvalue weighted by Gasteiger charge is 2.10. The summed E-state index contributed by atoms with van der Waals surface area (Å²) in [7, 11) is 0. The van der Waals surface area contributed by atoms with Gasteiger partial charge < -0.3 is 5.73 Å². The molecular formula is C5H4N6OS. The summed E-state index contributed by atoms with van der Waals surface area (Å²) in [6.45, 7) is 0. The Kier molecular flexibility index (Phi) is 1.74. The molecule has 0 unspecified atom stereocenters. The Morgan fingerprint density at radius 2 is 2.46 bits per heavy atom. The topological polar surface area (TPSA) is 99.6 Å². The van der Waals surface area contributed by atoms with Crippen molar-refractivity contribution in [2.75, 3.05) is 0 Å². The van der Waals surface area contributed by atoms with Crippen LogP contribution >= 0.6 is 11.3 Å². The van der Waals surface area contributed by atoms with Crippen LogP contribution in [0.2, 0.25) is 0 Å². The van der Waals surface area contributed by atoms with Gasteiger partial charge in [0.05, 0.1) is 0 Å². The van der Waals surface area contributed by atoms with Gasteiger partial charge in [0.2, 0.25) is 5.13 Å². The Morgan fingerprint density at radius 3 is 3.00 bits per heavy atom. The van der Waals surface area contributed by atoms with E-state index in [9.17, 15) is 4.79 Å². The number of hydrogen-bond donors (Lipinski definition) is 1. The first-order valence-electron chi connectivity index (χ1n) is 3.27. The number of hydrogen-bond acceptors (Lipinski definition) is 6. The predicted octanol–water partition coefficient (Wildman–Crippen LogP) is -0.782. The van der Waals surface area contributed by atoms with Gasteiger partial charge in [-0.1, -0.05) is 0 Å². The summed E-state index contributed by atoms with van der Waals surface area (Å²) in [5.74, 6) is -0.821. The van der Waals surface area contributed by atoms with Crippen LogP contribution in [0.1, 0.15) is 10.6 Å². The van der Waals surface area contributed by atoms with Gasteiger partial charge in [-0.15, -0.1) is 26.3 Å². The SMILES string of the molecule is NC(=O)c1nnn(-c2nccs2)n1. The van der Waals surface area contributed by atoms with Gasteiger partial charge in [-0.25, -0.2) is 4.98 Å².